The van der Waals surface area contributed by atoms with Gasteiger partial charge in [-0.25, -0.2) is 0 Å². The van der Waals surface area contributed by atoms with E-state index in [4.69, 9.17) is 4.84 Å². The SMILES string of the molecule is IC12CCCC1=NOC2c1ccccc1. The molecule has 1 fully saturated rings. The van der Waals surface area contributed by atoms with Crippen LogP contribution in [0.3, 0.4) is 0 Å². The van der Waals surface area contributed by atoms with Gasteiger partial charge in [0.05, 0.1) is 5.71 Å². The number of hydrogen-bond acceptors (Lipinski definition) is 2. The van der Waals surface area contributed by atoms with Gasteiger partial charge < -0.3 is 4.84 Å². The van der Waals surface area contributed by atoms with Crippen LogP contribution in [0.15, 0.2) is 35.5 Å². The van der Waals surface area contributed by atoms with Crippen LogP contribution in [0.4, 0.5) is 0 Å². The van der Waals surface area contributed by atoms with E-state index >= 15 is 0 Å². The lowest BCUT2D eigenvalue weighted by molar-refractivity contribution is 0.0712. The molecule has 0 aromatic heterocycles. The lowest BCUT2D eigenvalue weighted by Crippen LogP contribution is -2.29. The summed E-state index contributed by atoms with van der Waals surface area (Å²) >= 11 is 2.53. The van der Waals surface area contributed by atoms with Gasteiger partial charge >= 0.3 is 0 Å². The second-order valence-electron chi connectivity index (χ2n) is 4.15. The molecule has 1 heterocycles. The van der Waals surface area contributed by atoms with Crippen LogP contribution >= 0.6 is 22.6 Å². The molecule has 1 aromatic rings. The van der Waals surface area contributed by atoms with E-state index in [1.807, 2.05) is 6.07 Å². The molecular weight excluding hydrogens is 301 g/mol. The molecule has 0 saturated heterocycles. The summed E-state index contributed by atoms with van der Waals surface area (Å²) in [5.41, 5.74) is 2.49. The quantitative estimate of drug-likeness (QED) is 0.575. The van der Waals surface area contributed by atoms with E-state index in [0.717, 1.165) is 6.42 Å². The van der Waals surface area contributed by atoms with Gasteiger partial charge in [-0.3, -0.25) is 0 Å². The molecule has 0 bridgehead atoms. The summed E-state index contributed by atoms with van der Waals surface area (Å²) in [5, 5.41) is 4.24. The summed E-state index contributed by atoms with van der Waals surface area (Å²) < 4.78 is 0.124. The molecule has 0 N–H and O–H groups in total. The fraction of sp³-hybridized carbons (Fsp3) is 0.417. The molecule has 1 aliphatic carbocycles. The highest BCUT2D eigenvalue weighted by atomic mass is 127. The molecule has 2 nitrogen and oxygen atoms in total. The lowest BCUT2D eigenvalue weighted by Gasteiger charge is -2.23. The number of hydrogen-bond donors (Lipinski definition) is 0. The molecule has 3 heteroatoms. The van der Waals surface area contributed by atoms with Crippen molar-refractivity contribution >= 4 is 28.3 Å². The molecule has 1 saturated carbocycles. The Hall–Kier alpha value is -0.580. The normalized spacial score (nSPS) is 33.4. The third-order valence-corrected chi connectivity index (χ3v) is 4.95. The molecule has 1 aliphatic heterocycles. The van der Waals surface area contributed by atoms with Gasteiger partial charge in [0.25, 0.3) is 0 Å². The van der Waals surface area contributed by atoms with Gasteiger partial charge in [-0.1, -0.05) is 58.1 Å². The van der Waals surface area contributed by atoms with Crippen LogP contribution in [0, 0.1) is 0 Å². The van der Waals surface area contributed by atoms with E-state index in [0.29, 0.717) is 0 Å². The van der Waals surface area contributed by atoms with Gasteiger partial charge in [0.1, 0.15) is 3.42 Å². The van der Waals surface area contributed by atoms with Crippen molar-refractivity contribution in [3.63, 3.8) is 0 Å². The number of alkyl halides is 1. The standard InChI is InChI=1S/C12H12INO/c13-12-8-4-7-10(12)14-15-11(12)9-5-2-1-3-6-9/h1-3,5-6,11H,4,7-8H2. The minimum atomic E-state index is 0.122. The van der Waals surface area contributed by atoms with Gasteiger partial charge in [-0.2, -0.15) is 0 Å². The van der Waals surface area contributed by atoms with E-state index in [-0.39, 0.29) is 9.53 Å². The predicted octanol–water partition coefficient (Wildman–Crippen LogP) is 3.47. The van der Waals surface area contributed by atoms with E-state index in [2.05, 4.69) is 52.0 Å². The monoisotopic (exact) mass is 313 g/mol. The van der Waals surface area contributed by atoms with Crippen LogP contribution in [-0.4, -0.2) is 9.13 Å². The smallest absolute Gasteiger partial charge is 0.172 e. The summed E-state index contributed by atoms with van der Waals surface area (Å²) in [5.74, 6) is 0. The Morgan fingerprint density at radius 2 is 2.13 bits per heavy atom. The minimum absolute atomic E-state index is 0.122. The van der Waals surface area contributed by atoms with Crippen molar-refractivity contribution in [1.29, 1.82) is 0 Å². The van der Waals surface area contributed by atoms with Gasteiger partial charge in [-0.05, 0) is 24.8 Å². The first-order valence-electron chi connectivity index (χ1n) is 5.28. The molecule has 78 valence electrons. The Labute approximate surface area is 103 Å². The maximum atomic E-state index is 5.59. The molecule has 2 unspecified atom stereocenters. The highest BCUT2D eigenvalue weighted by Crippen LogP contribution is 2.50. The molecule has 1 aromatic carbocycles. The first kappa shape index (κ1) is 9.63. The van der Waals surface area contributed by atoms with E-state index in [9.17, 15) is 0 Å². The second kappa shape index (κ2) is 3.47. The summed E-state index contributed by atoms with van der Waals surface area (Å²) in [6.07, 6.45) is 3.66. The van der Waals surface area contributed by atoms with Crippen LogP contribution in [0.25, 0.3) is 0 Å². The van der Waals surface area contributed by atoms with Crippen molar-refractivity contribution in [2.75, 3.05) is 0 Å². The number of nitrogens with zero attached hydrogens (tertiary/aromatic N) is 1. The first-order chi connectivity index (χ1) is 7.31. The average molecular weight is 313 g/mol. The van der Waals surface area contributed by atoms with Crippen molar-refractivity contribution in [2.24, 2.45) is 5.16 Å². The van der Waals surface area contributed by atoms with Crippen molar-refractivity contribution in [3.8, 4) is 0 Å². The maximum absolute atomic E-state index is 5.59. The van der Waals surface area contributed by atoms with Gasteiger partial charge in [-0.15, -0.1) is 0 Å². The molecule has 3 rings (SSSR count). The molecule has 0 spiro atoms. The first-order valence-corrected chi connectivity index (χ1v) is 6.35. The largest absolute Gasteiger partial charge is 0.386 e. The number of rotatable bonds is 1. The molecule has 2 aliphatic rings. The Morgan fingerprint density at radius 3 is 2.93 bits per heavy atom. The fourth-order valence-corrected chi connectivity index (χ4v) is 3.64. The summed E-state index contributed by atoms with van der Waals surface area (Å²) in [6.45, 7) is 0. The summed E-state index contributed by atoms with van der Waals surface area (Å²) in [4.78, 5) is 5.59. The van der Waals surface area contributed by atoms with E-state index in [1.165, 1.54) is 24.1 Å². The van der Waals surface area contributed by atoms with Crippen LogP contribution in [-0.2, 0) is 4.84 Å². The average Bonchev–Trinajstić information content (AvgIpc) is 2.75. The maximum Gasteiger partial charge on any atom is 0.172 e. The van der Waals surface area contributed by atoms with Crippen molar-refractivity contribution in [1.82, 2.24) is 0 Å². The van der Waals surface area contributed by atoms with Crippen LogP contribution < -0.4 is 0 Å². The zero-order valence-electron chi connectivity index (χ0n) is 8.32. The second-order valence-corrected chi connectivity index (χ2v) is 6.08. The van der Waals surface area contributed by atoms with Crippen molar-refractivity contribution in [2.45, 2.75) is 28.8 Å². The zero-order chi connectivity index (χ0) is 10.3. The Balaban J connectivity index is 1.97. The van der Waals surface area contributed by atoms with Crippen molar-refractivity contribution < 1.29 is 4.84 Å². The summed E-state index contributed by atoms with van der Waals surface area (Å²) in [7, 11) is 0. The van der Waals surface area contributed by atoms with Gasteiger partial charge in [0, 0.05) is 0 Å². The molecule has 15 heavy (non-hydrogen) atoms. The molecule has 0 radical (unpaired) electrons. The number of oxime groups is 1. The third kappa shape index (κ3) is 1.40. The number of halogens is 1. The Morgan fingerprint density at radius 1 is 1.33 bits per heavy atom. The topological polar surface area (TPSA) is 21.6 Å². The van der Waals surface area contributed by atoms with E-state index < -0.39 is 0 Å². The van der Waals surface area contributed by atoms with Crippen LogP contribution in [0.2, 0.25) is 0 Å². The lowest BCUT2D eigenvalue weighted by atomic mass is 9.94. The molecular formula is C12H12INO. The van der Waals surface area contributed by atoms with Crippen molar-refractivity contribution in [3.05, 3.63) is 35.9 Å². The number of fused-ring (bicyclic) bond motifs is 1. The summed E-state index contributed by atoms with van der Waals surface area (Å²) in [6, 6.07) is 10.4. The highest BCUT2D eigenvalue weighted by Gasteiger charge is 2.51. The Bertz CT molecular complexity index is 403. The fourth-order valence-electron chi connectivity index (χ4n) is 2.42. The minimum Gasteiger partial charge on any atom is -0.386 e. The highest BCUT2D eigenvalue weighted by molar-refractivity contribution is 14.1. The number of benzene rings is 1. The predicted molar refractivity (Wildman–Crippen MR) is 68.3 cm³/mol. The Kier molecular flexibility index (Phi) is 2.23. The van der Waals surface area contributed by atoms with Crippen LogP contribution in [0.5, 0.6) is 0 Å². The van der Waals surface area contributed by atoms with Gasteiger partial charge in [0.2, 0.25) is 0 Å². The van der Waals surface area contributed by atoms with Crippen LogP contribution in [0.1, 0.15) is 30.9 Å². The van der Waals surface area contributed by atoms with Gasteiger partial charge in [0.15, 0.2) is 6.10 Å². The zero-order valence-corrected chi connectivity index (χ0v) is 10.5. The molecule has 0 amide bonds. The third-order valence-electron chi connectivity index (χ3n) is 3.22. The van der Waals surface area contributed by atoms with E-state index in [1.54, 1.807) is 0 Å². The molecule has 2 atom stereocenters.